The van der Waals surface area contributed by atoms with Gasteiger partial charge in [-0.25, -0.2) is 0 Å². The van der Waals surface area contributed by atoms with Crippen LogP contribution < -0.4 is 0 Å². The minimum Gasteiger partial charge on any atom is -0.493 e. The van der Waals surface area contributed by atoms with Crippen molar-refractivity contribution in [2.75, 3.05) is 13.7 Å². The molecule has 0 atom stereocenters. The van der Waals surface area contributed by atoms with Gasteiger partial charge in [0.05, 0.1) is 13.7 Å². The van der Waals surface area contributed by atoms with Gasteiger partial charge in [0.1, 0.15) is 0 Å². The first-order valence-corrected chi connectivity index (χ1v) is 5.24. The maximum absolute atomic E-state index is 5.65. The van der Waals surface area contributed by atoms with Gasteiger partial charge in [0.2, 0.25) is 0 Å². The summed E-state index contributed by atoms with van der Waals surface area (Å²) < 4.78 is 11.0. The molecule has 0 heterocycles. The van der Waals surface area contributed by atoms with Crippen LogP contribution in [0.4, 0.5) is 0 Å². The molecule has 0 aliphatic heterocycles. The molecule has 0 aliphatic carbocycles. The Labute approximate surface area is 93.3 Å². The summed E-state index contributed by atoms with van der Waals surface area (Å²) in [5.74, 6) is 1.57. The van der Waals surface area contributed by atoms with E-state index in [1.54, 1.807) is 7.11 Å². The van der Waals surface area contributed by atoms with Gasteiger partial charge < -0.3 is 9.47 Å². The number of ether oxygens (including phenoxy) is 2. The molecule has 0 N–H and O–H groups in total. The van der Waals surface area contributed by atoms with Crippen LogP contribution in [-0.4, -0.2) is 13.7 Å². The molecule has 0 rings (SSSR count). The molecule has 0 aliphatic rings. The molecule has 0 aromatic rings. The first kappa shape index (κ1) is 13.8. The van der Waals surface area contributed by atoms with Crippen molar-refractivity contribution in [2.45, 2.75) is 34.1 Å². The fourth-order valence-corrected chi connectivity index (χ4v) is 1.11. The predicted molar refractivity (Wildman–Crippen MR) is 64.5 cm³/mol. The third-order valence-electron chi connectivity index (χ3n) is 1.73. The van der Waals surface area contributed by atoms with Crippen LogP contribution in [-0.2, 0) is 9.47 Å². The summed E-state index contributed by atoms with van der Waals surface area (Å²) in [6.45, 7) is 12.6. The van der Waals surface area contributed by atoms with Crippen LogP contribution in [0.15, 0.2) is 35.3 Å². The van der Waals surface area contributed by atoms with Gasteiger partial charge in [-0.3, -0.25) is 0 Å². The average Bonchev–Trinajstić information content (AvgIpc) is 2.15. The molecule has 0 radical (unpaired) electrons. The smallest absolute Gasteiger partial charge is 0.160 e. The fraction of sp³-hybridized carbons (Fsp3) is 0.538. The van der Waals surface area contributed by atoms with E-state index < -0.39 is 0 Å². The van der Waals surface area contributed by atoms with E-state index in [9.17, 15) is 0 Å². The molecule has 86 valence electrons. The lowest BCUT2D eigenvalue weighted by Gasteiger charge is -2.14. The van der Waals surface area contributed by atoms with Crippen molar-refractivity contribution in [1.82, 2.24) is 0 Å². The third-order valence-corrected chi connectivity index (χ3v) is 1.73. The van der Waals surface area contributed by atoms with E-state index in [1.165, 1.54) is 0 Å². The molecule has 0 saturated heterocycles. The molecular formula is C13H22O2. The Hall–Kier alpha value is -1.18. The summed E-state index contributed by atoms with van der Waals surface area (Å²) in [7, 11) is 1.65. The Balaban J connectivity index is 4.89. The maximum atomic E-state index is 5.65. The van der Waals surface area contributed by atoms with Crippen LogP contribution in [0, 0.1) is 0 Å². The van der Waals surface area contributed by atoms with E-state index in [4.69, 9.17) is 9.47 Å². The highest BCUT2D eigenvalue weighted by Crippen LogP contribution is 2.18. The second kappa shape index (κ2) is 7.16. The van der Waals surface area contributed by atoms with Gasteiger partial charge in [0.15, 0.2) is 11.5 Å². The molecule has 0 aromatic carbocycles. The largest absolute Gasteiger partial charge is 0.493 e. The number of rotatable bonds is 6. The molecule has 0 aromatic heterocycles. The monoisotopic (exact) mass is 210 g/mol. The van der Waals surface area contributed by atoms with Crippen LogP contribution in [0.2, 0.25) is 0 Å². The number of allylic oxidation sites excluding steroid dienone is 3. The molecule has 2 nitrogen and oxygen atoms in total. The standard InChI is InChI=1S/C13H22O2/c1-7-8-15-13(11(4)5)12(14-6)9-10(2)3/h9H,2,7-8H2,1,3-6H3/b12-9+. The van der Waals surface area contributed by atoms with Gasteiger partial charge in [-0.2, -0.15) is 0 Å². The summed E-state index contributed by atoms with van der Waals surface area (Å²) in [5.41, 5.74) is 2.06. The van der Waals surface area contributed by atoms with Crippen LogP contribution in [0.1, 0.15) is 34.1 Å². The van der Waals surface area contributed by atoms with Crippen molar-refractivity contribution in [3.8, 4) is 0 Å². The SMILES string of the molecule is C=C(C)/C=C(/OC)C(OCCC)=C(C)C. The average molecular weight is 210 g/mol. The Morgan fingerprint density at radius 3 is 2.20 bits per heavy atom. The van der Waals surface area contributed by atoms with E-state index in [2.05, 4.69) is 13.5 Å². The summed E-state index contributed by atoms with van der Waals surface area (Å²) in [6, 6.07) is 0. The lowest BCUT2D eigenvalue weighted by molar-refractivity contribution is 0.173. The van der Waals surface area contributed by atoms with Crippen LogP contribution in [0.3, 0.4) is 0 Å². The minimum absolute atomic E-state index is 0.706. The fourth-order valence-electron chi connectivity index (χ4n) is 1.11. The van der Waals surface area contributed by atoms with Crippen LogP contribution >= 0.6 is 0 Å². The van der Waals surface area contributed by atoms with Crippen molar-refractivity contribution in [3.05, 3.63) is 35.3 Å². The Morgan fingerprint density at radius 1 is 1.27 bits per heavy atom. The van der Waals surface area contributed by atoms with Gasteiger partial charge in [0.25, 0.3) is 0 Å². The first-order chi connectivity index (χ1) is 7.02. The third kappa shape index (κ3) is 5.31. The minimum atomic E-state index is 0.706. The van der Waals surface area contributed by atoms with Crippen LogP contribution in [0.25, 0.3) is 0 Å². The zero-order valence-electron chi connectivity index (χ0n) is 10.5. The van der Waals surface area contributed by atoms with E-state index in [1.807, 2.05) is 26.8 Å². The van der Waals surface area contributed by atoms with E-state index in [0.29, 0.717) is 6.61 Å². The van der Waals surface area contributed by atoms with Gasteiger partial charge >= 0.3 is 0 Å². The van der Waals surface area contributed by atoms with Gasteiger partial charge in [-0.05, 0) is 38.8 Å². The molecule has 0 amide bonds. The van der Waals surface area contributed by atoms with Gasteiger partial charge in [-0.1, -0.05) is 19.1 Å². The van der Waals surface area contributed by atoms with Crippen molar-refractivity contribution < 1.29 is 9.47 Å². The highest BCUT2D eigenvalue weighted by molar-refractivity contribution is 5.30. The van der Waals surface area contributed by atoms with Crippen molar-refractivity contribution >= 4 is 0 Å². The Kier molecular flexibility index (Phi) is 6.59. The maximum Gasteiger partial charge on any atom is 0.160 e. The number of hydrogen-bond acceptors (Lipinski definition) is 2. The zero-order valence-corrected chi connectivity index (χ0v) is 10.5. The number of methoxy groups -OCH3 is 1. The summed E-state index contributed by atoms with van der Waals surface area (Å²) in [6.07, 6.45) is 2.87. The van der Waals surface area contributed by atoms with E-state index in [0.717, 1.165) is 29.1 Å². The second-order valence-corrected chi connectivity index (χ2v) is 3.74. The second-order valence-electron chi connectivity index (χ2n) is 3.74. The Morgan fingerprint density at radius 2 is 1.87 bits per heavy atom. The molecule has 0 saturated carbocycles. The normalized spacial score (nSPS) is 10.9. The zero-order chi connectivity index (χ0) is 11.8. The van der Waals surface area contributed by atoms with Crippen LogP contribution in [0.5, 0.6) is 0 Å². The van der Waals surface area contributed by atoms with Crippen molar-refractivity contribution in [3.63, 3.8) is 0 Å². The molecule has 0 bridgehead atoms. The van der Waals surface area contributed by atoms with E-state index in [-0.39, 0.29) is 0 Å². The summed E-state index contributed by atoms with van der Waals surface area (Å²) in [5, 5.41) is 0. The number of hydrogen-bond donors (Lipinski definition) is 0. The quantitative estimate of drug-likeness (QED) is 0.490. The molecule has 15 heavy (non-hydrogen) atoms. The lowest BCUT2D eigenvalue weighted by atomic mass is 10.2. The topological polar surface area (TPSA) is 18.5 Å². The van der Waals surface area contributed by atoms with Crippen molar-refractivity contribution in [1.29, 1.82) is 0 Å². The summed E-state index contributed by atoms with van der Waals surface area (Å²) >= 11 is 0. The molecule has 0 fully saturated rings. The van der Waals surface area contributed by atoms with Gasteiger partial charge in [-0.15, -0.1) is 0 Å². The summed E-state index contributed by atoms with van der Waals surface area (Å²) in [4.78, 5) is 0. The highest BCUT2D eigenvalue weighted by atomic mass is 16.5. The van der Waals surface area contributed by atoms with Gasteiger partial charge in [0, 0.05) is 0 Å². The molecule has 0 unspecified atom stereocenters. The van der Waals surface area contributed by atoms with Crippen molar-refractivity contribution in [2.24, 2.45) is 0 Å². The lowest BCUT2D eigenvalue weighted by Crippen LogP contribution is -2.02. The first-order valence-electron chi connectivity index (χ1n) is 5.24. The highest BCUT2D eigenvalue weighted by Gasteiger charge is 2.08. The molecular weight excluding hydrogens is 188 g/mol. The van der Waals surface area contributed by atoms with E-state index >= 15 is 0 Å². The molecule has 0 spiro atoms. The Bertz CT molecular complexity index is 268. The molecule has 2 heteroatoms. The predicted octanol–water partition coefficient (Wildman–Crippen LogP) is 3.81.